The summed E-state index contributed by atoms with van der Waals surface area (Å²) >= 11 is 5.84. The first-order chi connectivity index (χ1) is 12.4. The van der Waals surface area contributed by atoms with Crippen LogP contribution in [0.15, 0.2) is 42.7 Å². The van der Waals surface area contributed by atoms with Crippen molar-refractivity contribution in [3.05, 3.63) is 58.9 Å². The van der Waals surface area contributed by atoms with Gasteiger partial charge >= 0.3 is 6.18 Å². The Kier molecular flexibility index (Phi) is 6.04. The molecule has 26 heavy (non-hydrogen) atoms. The lowest BCUT2D eigenvalue weighted by atomic mass is 9.92. The number of alkyl halides is 3. The summed E-state index contributed by atoms with van der Waals surface area (Å²) in [7, 11) is 0. The van der Waals surface area contributed by atoms with Gasteiger partial charge in [-0.15, -0.1) is 0 Å². The molecule has 3 rings (SSSR count). The Morgan fingerprint density at radius 3 is 2.62 bits per heavy atom. The molecular formula is C19H21ClF3N3. The standard InChI is InChI=1S/C19H21ClF3N3/c20-17-12-25-26(13-17)10-2-1-3-18-11-15(8-9-24-18)14-4-6-16(7-5-14)19(21,22)23/h4-8,12-13,18,24H,1-3,9-11H2. The van der Waals surface area contributed by atoms with Crippen LogP contribution in [0.2, 0.25) is 5.02 Å². The summed E-state index contributed by atoms with van der Waals surface area (Å²) in [6.07, 6.45) is 5.13. The van der Waals surface area contributed by atoms with E-state index in [1.165, 1.54) is 0 Å². The first-order valence-electron chi connectivity index (χ1n) is 8.70. The average Bonchev–Trinajstić information content (AvgIpc) is 3.04. The summed E-state index contributed by atoms with van der Waals surface area (Å²) in [6, 6.07) is 5.79. The van der Waals surface area contributed by atoms with Crippen LogP contribution in [0.3, 0.4) is 0 Å². The van der Waals surface area contributed by atoms with E-state index in [0.29, 0.717) is 11.1 Å². The first-order valence-corrected chi connectivity index (χ1v) is 9.07. The Bertz CT molecular complexity index is 750. The maximum Gasteiger partial charge on any atom is 0.416 e. The molecule has 0 saturated heterocycles. The van der Waals surface area contributed by atoms with Crippen molar-refractivity contribution in [3.63, 3.8) is 0 Å². The molecule has 7 heteroatoms. The van der Waals surface area contributed by atoms with E-state index in [2.05, 4.69) is 16.5 Å². The molecular weight excluding hydrogens is 363 g/mol. The molecule has 0 aliphatic carbocycles. The quantitative estimate of drug-likeness (QED) is 0.697. The Labute approximate surface area is 155 Å². The van der Waals surface area contributed by atoms with Crippen molar-refractivity contribution in [3.8, 4) is 0 Å². The zero-order valence-electron chi connectivity index (χ0n) is 14.3. The van der Waals surface area contributed by atoms with Crippen molar-refractivity contribution < 1.29 is 13.2 Å². The molecule has 0 spiro atoms. The van der Waals surface area contributed by atoms with Gasteiger partial charge in [-0.3, -0.25) is 4.68 Å². The molecule has 0 amide bonds. The van der Waals surface area contributed by atoms with Gasteiger partial charge < -0.3 is 5.32 Å². The third kappa shape index (κ3) is 5.11. The van der Waals surface area contributed by atoms with Gasteiger partial charge in [0.1, 0.15) is 0 Å². The number of hydrogen-bond donors (Lipinski definition) is 1. The highest BCUT2D eigenvalue weighted by atomic mass is 35.5. The van der Waals surface area contributed by atoms with Crippen LogP contribution in [0, 0.1) is 0 Å². The fourth-order valence-electron chi connectivity index (χ4n) is 3.21. The molecule has 2 aromatic rings. The zero-order valence-corrected chi connectivity index (χ0v) is 15.0. The monoisotopic (exact) mass is 383 g/mol. The maximum atomic E-state index is 12.7. The Morgan fingerprint density at radius 2 is 1.96 bits per heavy atom. The fourth-order valence-corrected chi connectivity index (χ4v) is 3.36. The lowest BCUT2D eigenvalue weighted by Gasteiger charge is -2.25. The van der Waals surface area contributed by atoms with Crippen molar-refractivity contribution >= 4 is 17.2 Å². The van der Waals surface area contributed by atoms with E-state index in [-0.39, 0.29) is 0 Å². The van der Waals surface area contributed by atoms with Crippen LogP contribution < -0.4 is 5.32 Å². The van der Waals surface area contributed by atoms with E-state index in [4.69, 9.17) is 11.6 Å². The molecule has 0 saturated carbocycles. The average molecular weight is 384 g/mol. The minimum atomic E-state index is -4.29. The molecule has 1 N–H and O–H groups in total. The number of hydrogen-bond acceptors (Lipinski definition) is 2. The summed E-state index contributed by atoms with van der Waals surface area (Å²) in [5.41, 5.74) is 1.38. The van der Waals surface area contributed by atoms with Crippen LogP contribution in [-0.4, -0.2) is 22.4 Å². The second kappa shape index (κ2) is 8.27. The second-order valence-electron chi connectivity index (χ2n) is 6.53. The zero-order chi connectivity index (χ0) is 18.6. The Morgan fingerprint density at radius 1 is 1.19 bits per heavy atom. The van der Waals surface area contributed by atoms with Crippen LogP contribution in [0.1, 0.15) is 36.8 Å². The van der Waals surface area contributed by atoms with Gasteiger partial charge in [-0.2, -0.15) is 18.3 Å². The van der Waals surface area contributed by atoms with E-state index >= 15 is 0 Å². The number of aryl methyl sites for hydroxylation is 1. The third-order valence-electron chi connectivity index (χ3n) is 4.60. The summed E-state index contributed by atoms with van der Waals surface area (Å²) in [5, 5.41) is 8.26. The molecule has 0 fully saturated rings. The van der Waals surface area contributed by atoms with Crippen molar-refractivity contribution in [1.29, 1.82) is 0 Å². The van der Waals surface area contributed by atoms with Gasteiger partial charge in [-0.05, 0) is 42.5 Å². The molecule has 0 bridgehead atoms. The van der Waals surface area contributed by atoms with Gasteiger partial charge in [0.2, 0.25) is 0 Å². The predicted molar refractivity (Wildman–Crippen MR) is 96.9 cm³/mol. The fraction of sp³-hybridized carbons (Fsp3) is 0.421. The number of unbranched alkanes of at least 4 members (excludes halogenated alkanes) is 1. The molecule has 1 aromatic carbocycles. The number of nitrogens with zero attached hydrogens (tertiary/aromatic N) is 2. The van der Waals surface area contributed by atoms with Gasteiger partial charge in [-0.1, -0.05) is 36.2 Å². The van der Waals surface area contributed by atoms with Crippen LogP contribution in [0.4, 0.5) is 13.2 Å². The normalized spacial score (nSPS) is 18.0. The van der Waals surface area contributed by atoms with Crippen LogP contribution >= 0.6 is 11.6 Å². The van der Waals surface area contributed by atoms with Crippen molar-refractivity contribution in [1.82, 2.24) is 15.1 Å². The number of halogens is 4. The first kappa shape index (κ1) is 19.0. The molecule has 1 unspecified atom stereocenters. The molecule has 2 heterocycles. The van der Waals surface area contributed by atoms with Crippen LogP contribution in [-0.2, 0) is 12.7 Å². The topological polar surface area (TPSA) is 29.9 Å². The summed E-state index contributed by atoms with van der Waals surface area (Å²) in [5.74, 6) is 0. The molecule has 3 nitrogen and oxygen atoms in total. The van der Waals surface area contributed by atoms with E-state index in [0.717, 1.165) is 62.0 Å². The molecule has 1 aliphatic rings. The Hall–Kier alpha value is -1.79. The highest BCUT2D eigenvalue weighted by Gasteiger charge is 2.30. The number of nitrogens with one attached hydrogen (secondary N) is 1. The van der Waals surface area contributed by atoms with Gasteiger partial charge in [0.05, 0.1) is 16.8 Å². The van der Waals surface area contributed by atoms with Crippen molar-refractivity contribution in [2.45, 2.75) is 44.4 Å². The summed E-state index contributed by atoms with van der Waals surface area (Å²) in [4.78, 5) is 0. The lowest BCUT2D eigenvalue weighted by Crippen LogP contribution is -2.32. The molecule has 1 atom stereocenters. The SMILES string of the molecule is FC(F)(F)c1ccc(C2=CCNC(CCCCn3cc(Cl)cn3)C2)cc1. The summed E-state index contributed by atoms with van der Waals surface area (Å²) in [6.45, 7) is 1.58. The number of rotatable bonds is 6. The maximum absolute atomic E-state index is 12.7. The van der Waals surface area contributed by atoms with Crippen LogP contribution in [0.25, 0.3) is 5.57 Å². The largest absolute Gasteiger partial charge is 0.416 e. The molecule has 0 radical (unpaired) electrons. The van der Waals surface area contributed by atoms with Gasteiger partial charge in [0.15, 0.2) is 0 Å². The van der Waals surface area contributed by atoms with E-state index < -0.39 is 11.7 Å². The minimum Gasteiger partial charge on any atom is -0.310 e. The number of benzene rings is 1. The molecule has 1 aromatic heterocycles. The van der Waals surface area contributed by atoms with Gasteiger partial charge in [-0.25, -0.2) is 0 Å². The van der Waals surface area contributed by atoms with Crippen molar-refractivity contribution in [2.24, 2.45) is 0 Å². The number of aromatic nitrogens is 2. The van der Waals surface area contributed by atoms with Crippen LogP contribution in [0.5, 0.6) is 0 Å². The molecule has 1 aliphatic heterocycles. The highest BCUT2D eigenvalue weighted by Crippen LogP contribution is 2.31. The Balaban J connectivity index is 1.48. The van der Waals surface area contributed by atoms with E-state index in [1.54, 1.807) is 18.3 Å². The second-order valence-corrected chi connectivity index (χ2v) is 6.97. The smallest absolute Gasteiger partial charge is 0.310 e. The predicted octanol–water partition coefficient (Wildman–Crippen LogP) is 5.17. The highest BCUT2D eigenvalue weighted by molar-refractivity contribution is 6.30. The molecule has 140 valence electrons. The lowest BCUT2D eigenvalue weighted by molar-refractivity contribution is -0.137. The van der Waals surface area contributed by atoms with E-state index in [1.807, 2.05) is 10.9 Å². The summed E-state index contributed by atoms with van der Waals surface area (Å²) < 4.78 is 39.9. The minimum absolute atomic E-state index is 0.346. The van der Waals surface area contributed by atoms with E-state index in [9.17, 15) is 13.2 Å². The van der Waals surface area contributed by atoms with Gasteiger partial charge in [0, 0.05) is 25.3 Å². The third-order valence-corrected chi connectivity index (χ3v) is 4.79. The van der Waals surface area contributed by atoms with Crippen molar-refractivity contribution in [2.75, 3.05) is 6.54 Å². The van der Waals surface area contributed by atoms with Gasteiger partial charge in [0.25, 0.3) is 0 Å².